The lowest BCUT2D eigenvalue weighted by Crippen LogP contribution is -1.64. The Morgan fingerprint density at radius 1 is 1.75 bits per heavy atom. The van der Waals surface area contributed by atoms with Gasteiger partial charge in [0, 0.05) is 0 Å². The summed E-state index contributed by atoms with van der Waals surface area (Å²) in [5.74, 6) is 0. The Kier molecular flexibility index (Phi) is 4.39. The van der Waals surface area contributed by atoms with Crippen LogP contribution >= 0.6 is 0 Å². The van der Waals surface area contributed by atoms with Gasteiger partial charge in [0.1, 0.15) is 0 Å². The van der Waals surface area contributed by atoms with Crippen molar-refractivity contribution >= 4 is 6.08 Å². The summed E-state index contributed by atoms with van der Waals surface area (Å²) < 4.78 is 0. The third-order valence-corrected chi connectivity index (χ3v) is 0.270. The zero-order valence-corrected chi connectivity index (χ0v) is 3.77. The molecular weight excluding hydrogens is 110 g/mol. The first kappa shape index (κ1) is 6.45. The molecule has 0 spiro atoms. The van der Waals surface area contributed by atoms with Crippen LogP contribution < -0.4 is 0 Å². The molecule has 1 N–H and O–H groups in total. The molecule has 0 amide bonds. The number of nitrogens with zero attached hydrogens (tertiary/aromatic N) is 4. The lowest BCUT2D eigenvalue weighted by Gasteiger charge is -1.44. The molecule has 8 heavy (non-hydrogen) atoms. The Balaban J connectivity index is 0.000000145. The molecule has 0 aromatic carbocycles. The molecule has 0 aliphatic heterocycles. The van der Waals surface area contributed by atoms with E-state index in [9.17, 15) is 0 Å². The predicted octanol–water partition coefficient (Wildman–Crippen LogP) is -0.909. The van der Waals surface area contributed by atoms with Crippen molar-refractivity contribution in [2.75, 3.05) is 0 Å². The summed E-state index contributed by atoms with van der Waals surface area (Å²) in [6.45, 7) is 0. The summed E-state index contributed by atoms with van der Waals surface area (Å²) in [6.07, 6.45) is 1.83. The Labute approximate surface area is 44.4 Å². The first-order valence-electron chi connectivity index (χ1n) is 1.59. The van der Waals surface area contributed by atoms with Gasteiger partial charge in [0.2, 0.25) is 0 Å². The van der Waals surface area contributed by atoms with E-state index in [-0.39, 0.29) is 0 Å². The highest BCUT2D eigenvalue weighted by molar-refractivity contribution is 5.36. The maximum absolute atomic E-state index is 8.24. The fourth-order valence-corrected chi connectivity index (χ4v) is 0.129. The van der Waals surface area contributed by atoms with E-state index in [1.54, 1.807) is 0 Å². The molecule has 6 nitrogen and oxygen atoms in total. The minimum Gasteiger partial charge on any atom is -0.724 e. The second kappa shape index (κ2) is 5.45. The second-order valence-electron chi connectivity index (χ2n) is 0.651. The molecule has 0 bridgehead atoms. The Bertz CT molecular complexity index is 122. The fraction of sp³-hybridized carbons (Fsp3) is 0. The van der Waals surface area contributed by atoms with Crippen LogP contribution in [-0.4, -0.2) is 26.7 Å². The fourth-order valence-electron chi connectivity index (χ4n) is 0.129. The van der Waals surface area contributed by atoms with Gasteiger partial charge in [-0.1, -0.05) is 5.21 Å². The van der Waals surface area contributed by atoms with Crippen LogP contribution in [0, 0.1) is 0 Å². The van der Waals surface area contributed by atoms with E-state index in [1.165, 1.54) is 6.33 Å². The van der Waals surface area contributed by atoms with Crippen molar-refractivity contribution in [3.05, 3.63) is 11.7 Å². The van der Waals surface area contributed by atoms with E-state index in [0.29, 0.717) is 6.08 Å². The predicted molar refractivity (Wildman–Crippen MR) is 23.2 cm³/mol. The molecule has 0 aliphatic carbocycles. The third kappa shape index (κ3) is 4.45. The molecule has 0 atom stereocenters. The molecule has 0 aliphatic rings. The molecule has 0 fully saturated rings. The number of aromatic nitrogens is 4. The Morgan fingerprint density at radius 2 is 2.38 bits per heavy atom. The number of tetrazole rings is 1. The molecule has 0 saturated carbocycles. The maximum Gasteiger partial charge on any atom is 0.161 e. The highest BCUT2D eigenvalue weighted by Crippen LogP contribution is 1.43. The number of isocyanates is 1. The number of H-pyrrole nitrogens is 1. The first-order chi connectivity index (χ1) is 3.91. The zero-order valence-electron chi connectivity index (χ0n) is 3.77. The van der Waals surface area contributed by atoms with Crippen LogP contribution in [0.15, 0.2) is 6.33 Å². The second-order valence-corrected chi connectivity index (χ2v) is 0.651. The molecular formula is C2H2N5O-. The summed E-state index contributed by atoms with van der Waals surface area (Å²) in [7, 11) is 0. The van der Waals surface area contributed by atoms with Crippen LogP contribution in [-0.2, 0) is 4.79 Å². The van der Waals surface area contributed by atoms with E-state index in [4.69, 9.17) is 10.2 Å². The largest absolute Gasteiger partial charge is 0.724 e. The van der Waals surface area contributed by atoms with Crippen molar-refractivity contribution in [3.63, 3.8) is 0 Å². The Hall–Kier alpha value is -1.55. The van der Waals surface area contributed by atoms with Gasteiger partial charge in [-0.15, -0.1) is 10.2 Å². The summed E-state index contributed by atoms with van der Waals surface area (Å²) in [6, 6.07) is 0. The van der Waals surface area contributed by atoms with Crippen molar-refractivity contribution in [3.8, 4) is 0 Å². The van der Waals surface area contributed by atoms with Gasteiger partial charge in [-0.2, -0.15) is 5.21 Å². The van der Waals surface area contributed by atoms with Crippen molar-refractivity contribution in [1.82, 2.24) is 20.6 Å². The molecule has 1 aromatic heterocycles. The topological polar surface area (TPSA) is 93.8 Å². The van der Waals surface area contributed by atoms with Gasteiger partial charge in [-0.05, 0) is 6.08 Å². The van der Waals surface area contributed by atoms with Crippen LogP contribution in [0.2, 0.25) is 0 Å². The SMILES string of the molecule is [N-]=C=O.c1nn[nH]n1. The van der Waals surface area contributed by atoms with Gasteiger partial charge in [-0.25, -0.2) is 0 Å². The number of hydrogen-bond donors (Lipinski definition) is 1. The van der Waals surface area contributed by atoms with E-state index >= 15 is 0 Å². The van der Waals surface area contributed by atoms with E-state index in [2.05, 4.69) is 20.6 Å². The minimum atomic E-state index is 0.500. The van der Waals surface area contributed by atoms with Crippen LogP contribution in [0.1, 0.15) is 0 Å². The van der Waals surface area contributed by atoms with Gasteiger partial charge < -0.3 is 5.41 Å². The standard InChI is InChI=1S/CH2N4.CNO/c1-2-4-5-3-1;2-1-3/h1H,(H,2,3,4,5);/q;-1. The average Bonchev–Trinajstić information content (AvgIpc) is 2.17. The lowest BCUT2D eigenvalue weighted by atomic mass is 11.4. The van der Waals surface area contributed by atoms with Crippen molar-refractivity contribution in [2.24, 2.45) is 0 Å². The summed E-state index contributed by atoms with van der Waals surface area (Å²) >= 11 is 0. The molecule has 0 saturated heterocycles. The molecule has 1 aromatic rings. The number of rotatable bonds is 0. The van der Waals surface area contributed by atoms with Gasteiger partial charge in [0.05, 0.1) is 0 Å². The van der Waals surface area contributed by atoms with Crippen LogP contribution in [0.4, 0.5) is 0 Å². The summed E-state index contributed by atoms with van der Waals surface area (Å²) in [4.78, 5) is 8.24. The smallest absolute Gasteiger partial charge is 0.161 e. The third-order valence-electron chi connectivity index (χ3n) is 0.270. The molecule has 42 valence electrons. The van der Waals surface area contributed by atoms with Gasteiger partial charge in [0.15, 0.2) is 6.33 Å². The monoisotopic (exact) mass is 112 g/mol. The minimum absolute atomic E-state index is 0.500. The maximum atomic E-state index is 8.24. The van der Waals surface area contributed by atoms with Crippen molar-refractivity contribution in [2.45, 2.75) is 0 Å². The lowest BCUT2D eigenvalue weighted by molar-refractivity contribution is 0.569. The van der Waals surface area contributed by atoms with E-state index in [0.717, 1.165) is 0 Å². The number of aromatic amines is 1. The number of carbonyl (C=O) groups excluding carboxylic acids is 1. The van der Waals surface area contributed by atoms with Crippen LogP contribution in [0.5, 0.6) is 0 Å². The molecule has 0 radical (unpaired) electrons. The van der Waals surface area contributed by atoms with Gasteiger partial charge >= 0.3 is 0 Å². The van der Waals surface area contributed by atoms with Crippen molar-refractivity contribution in [1.29, 1.82) is 0 Å². The molecule has 1 rings (SSSR count). The quantitative estimate of drug-likeness (QED) is 0.347. The van der Waals surface area contributed by atoms with Crippen LogP contribution in [0.3, 0.4) is 0 Å². The summed E-state index contributed by atoms with van der Waals surface area (Å²) in [5.41, 5.74) is 0. The van der Waals surface area contributed by atoms with Crippen molar-refractivity contribution < 1.29 is 4.79 Å². The molecule has 6 heteroatoms. The molecule has 1 heterocycles. The highest BCUT2D eigenvalue weighted by atomic mass is 16.1. The summed E-state index contributed by atoms with van der Waals surface area (Å²) in [5, 5.41) is 18.9. The zero-order chi connectivity index (χ0) is 6.24. The van der Waals surface area contributed by atoms with E-state index in [1.807, 2.05) is 0 Å². The highest BCUT2D eigenvalue weighted by Gasteiger charge is 1.58. The molecule has 0 unspecified atom stereocenters. The van der Waals surface area contributed by atoms with E-state index < -0.39 is 0 Å². The first-order valence-corrected chi connectivity index (χ1v) is 1.59. The number of hydrogen-bond acceptors (Lipinski definition) is 4. The average molecular weight is 112 g/mol. The Morgan fingerprint density at radius 3 is 2.50 bits per heavy atom. The van der Waals surface area contributed by atoms with Gasteiger partial charge in [-0.3, -0.25) is 4.79 Å². The van der Waals surface area contributed by atoms with Gasteiger partial charge in [0.25, 0.3) is 0 Å². The normalized spacial score (nSPS) is 6.00. The number of nitrogens with one attached hydrogen (secondary N) is 1. The van der Waals surface area contributed by atoms with Crippen LogP contribution in [0.25, 0.3) is 5.41 Å².